The number of nitrogens with zero attached hydrogens (tertiary/aromatic N) is 3. The van der Waals surface area contributed by atoms with Gasteiger partial charge < -0.3 is 20.7 Å². The van der Waals surface area contributed by atoms with E-state index in [0.29, 0.717) is 12.4 Å². The smallest absolute Gasteiger partial charge is 0.360 e. The maximum absolute atomic E-state index is 11.7. The van der Waals surface area contributed by atoms with Crippen LogP contribution in [0.15, 0.2) is 30.6 Å². The van der Waals surface area contributed by atoms with Crippen LogP contribution < -0.4 is 10.6 Å². The van der Waals surface area contributed by atoms with Gasteiger partial charge in [-0.15, -0.1) is 0 Å². The lowest BCUT2D eigenvalue weighted by atomic mass is 10.2. The molecule has 120 valence electrons. The number of nitro groups is 1. The number of benzene rings is 1. The molecular formula is C15H17N5O3. The fourth-order valence-electron chi connectivity index (χ4n) is 2.24. The third kappa shape index (κ3) is 3.47. The molecule has 1 aromatic carbocycles. The molecule has 1 aliphatic rings. The van der Waals surface area contributed by atoms with Gasteiger partial charge in [0.05, 0.1) is 0 Å². The molecule has 23 heavy (non-hydrogen) atoms. The number of amides is 1. The second-order valence-corrected chi connectivity index (χ2v) is 5.60. The van der Waals surface area contributed by atoms with Gasteiger partial charge in [-0.2, -0.15) is 0 Å². The second-order valence-electron chi connectivity index (χ2n) is 5.60. The fraction of sp³-hybridized carbons (Fsp3) is 0.333. The van der Waals surface area contributed by atoms with Gasteiger partial charge in [0.2, 0.25) is 18.1 Å². The predicted octanol–water partition coefficient (Wildman–Crippen LogP) is 2.29. The number of aryl methyl sites for hydroxylation is 1. The van der Waals surface area contributed by atoms with Gasteiger partial charge in [0.25, 0.3) is 0 Å². The molecule has 1 aromatic heterocycles. The van der Waals surface area contributed by atoms with Gasteiger partial charge in [0.1, 0.15) is 0 Å². The second kappa shape index (κ2) is 6.07. The summed E-state index contributed by atoms with van der Waals surface area (Å²) in [5.74, 6) is 0.407. The summed E-state index contributed by atoms with van der Waals surface area (Å²) in [5.41, 5.74) is 1.71. The minimum absolute atomic E-state index is 0.0707. The van der Waals surface area contributed by atoms with Gasteiger partial charge >= 0.3 is 5.82 Å². The van der Waals surface area contributed by atoms with Crippen molar-refractivity contribution in [1.29, 1.82) is 0 Å². The third-order valence-corrected chi connectivity index (χ3v) is 3.72. The molecule has 3 rings (SSSR count). The van der Waals surface area contributed by atoms with E-state index in [4.69, 9.17) is 0 Å². The zero-order valence-electron chi connectivity index (χ0n) is 12.7. The quantitative estimate of drug-likeness (QED) is 0.629. The molecule has 8 nitrogen and oxygen atoms in total. The Morgan fingerprint density at radius 3 is 2.70 bits per heavy atom. The van der Waals surface area contributed by atoms with Gasteiger partial charge in [-0.05, 0) is 40.4 Å². The lowest BCUT2D eigenvalue weighted by Crippen LogP contribution is -2.13. The molecule has 2 aromatic rings. The topological polar surface area (TPSA) is 102 Å². The zero-order valence-corrected chi connectivity index (χ0v) is 12.7. The first-order valence-electron chi connectivity index (χ1n) is 7.34. The molecule has 0 bridgehead atoms. The van der Waals surface area contributed by atoms with Crippen LogP contribution in [-0.4, -0.2) is 20.4 Å². The van der Waals surface area contributed by atoms with E-state index in [0.717, 1.165) is 24.1 Å². The summed E-state index contributed by atoms with van der Waals surface area (Å²) in [6, 6.07) is 7.40. The van der Waals surface area contributed by atoms with Crippen LogP contribution in [0, 0.1) is 16.0 Å². The maximum atomic E-state index is 11.7. The number of hydrogen-bond acceptors (Lipinski definition) is 5. The van der Waals surface area contributed by atoms with Crippen molar-refractivity contribution in [3.8, 4) is 0 Å². The Morgan fingerprint density at radius 2 is 2.09 bits per heavy atom. The Kier molecular flexibility index (Phi) is 3.96. The molecule has 8 heteroatoms. The van der Waals surface area contributed by atoms with Crippen LogP contribution >= 0.6 is 0 Å². The van der Waals surface area contributed by atoms with Crippen LogP contribution in [0.2, 0.25) is 0 Å². The van der Waals surface area contributed by atoms with Crippen molar-refractivity contribution in [2.24, 2.45) is 13.0 Å². The maximum Gasteiger partial charge on any atom is 0.406 e. The van der Waals surface area contributed by atoms with Gasteiger partial charge in [-0.1, -0.05) is 12.1 Å². The summed E-state index contributed by atoms with van der Waals surface area (Å²) < 4.78 is 1.57. The summed E-state index contributed by atoms with van der Waals surface area (Å²) in [4.78, 5) is 25.8. The summed E-state index contributed by atoms with van der Waals surface area (Å²) in [7, 11) is 1.69. The predicted molar refractivity (Wildman–Crippen MR) is 85.0 cm³/mol. The zero-order chi connectivity index (χ0) is 16.4. The molecule has 2 N–H and O–H groups in total. The van der Waals surface area contributed by atoms with Crippen molar-refractivity contribution in [3.63, 3.8) is 0 Å². The SMILES string of the molecule is Cn1cnc([N+](=O)[O-])c1NCc1ccc(NC(=O)C2CC2)cc1. The number of nitrogens with one attached hydrogen (secondary N) is 2. The molecule has 0 spiro atoms. The fourth-order valence-corrected chi connectivity index (χ4v) is 2.24. The average Bonchev–Trinajstić information content (AvgIpc) is 3.30. The normalized spacial score (nSPS) is 13.6. The Morgan fingerprint density at radius 1 is 1.39 bits per heavy atom. The highest BCUT2D eigenvalue weighted by molar-refractivity contribution is 5.94. The standard InChI is InChI=1S/C15H17N5O3/c1-19-9-17-14(20(22)23)13(19)16-8-10-2-6-12(7-3-10)18-15(21)11-4-5-11/h2-3,6-7,9,11,16H,4-5,8H2,1H3,(H,18,21). The molecule has 1 heterocycles. The number of anilines is 2. The van der Waals surface area contributed by atoms with Crippen LogP contribution in [0.5, 0.6) is 0 Å². The van der Waals surface area contributed by atoms with E-state index in [9.17, 15) is 14.9 Å². The number of aromatic nitrogens is 2. The van der Waals surface area contributed by atoms with Crippen LogP contribution in [0.3, 0.4) is 0 Å². The number of imidazole rings is 1. The molecule has 0 unspecified atom stereocenters. The highest BCUT2D eigenvalue weighted by atomic mass is 16.6. The molecule has 0 radical (unpaired) electrons. The largest absolute Gasteiger partial charge is 0.406 e. The molecule has 1 saturated carbocycles. The first kappa shape index (κ1) is 15.0. The number of carbonyl (C=O) groups excluding carboxylic acids is 1. The number of carbonyl (C=O) groups is 1. The van der Waals surface area contributed by atoms with Crippen LogP contribution in [-0.2, 0) is 18.4 Å². The Labute approximate surface area is 132 Å². The van der Waals surface area contributed by atoms with E-state index in [-0.39, 0.29) is 17.6 Å². The summed E-state index contributed by atoms with van der Waals surface area (Å²) in [6.07, 6.45) is 3.34. The molecule has 0 saturated heterocycles. The minimum atomic E-state index is -0.515. The van der Waals surface area contributed by atoms with E-state index < -0.39 is 4.92 Å². The van der Waals surface area contributed by atoms with E-state index >= 15 is 0 Å². The molecular weight excluding hydrogens is 298 g/mol. The summed E-state index contributed by atoms with van der Waals surface area (Å²) in [6.45, 7) is 0.428. The van der Waals surface area contributed by atoms with Crippen molar-refractivity contribution in [2.75, 3.05) is 10.6 Å². The van der Waals surface area contributed by atoms with E-state index in [1.54, 1.807) is 11.6 Å². The lowest BCUT2D eigenvalue weighted by Gasteiger charge is -2.08. The molecule has 1 aliphatic carbocycles. The highest BCUT2D eigenvalue weighted by Gasteiger charge is 2.29. The van der Waals surface area contributed by atoms with E-state index in [1.165, 1.54) is 6.33 Å². The molecule has 1 fully saturated rings. The van der Waals surface area contributed by atoms with Crippen molar-refractivity contribution >= 4 is 23.2 Å². The summed E-state index contributed by atoms with van der Waals surface area (Å²) in [5, 5.41) is 16.8. The van der Waals surface area contributed by atoms with E-state index in [1.807, 2.05) is 24.3 Å². The third-order valence-electron chi connectivity index (χ3n) is 3.72. The van der Waals surface area contributed by atoms with Gasteiger partial charge in [0.15, 0.2) is 0 Å². The van der Waals surface area contributed by atoms with Gasteiger partial charge in [-0.25, -0.2) is 0 Å². The van der Waals surface area contributed by atoms with Crippen molar-refractivity contribution < 1.29 is 9.72 Å². The average molecular weight is 315 g/mol. The lowest BCUT2D eigenvalue weighted by molar-refractivity contribution is -0.388. The molecule has 1 amide bonds. The molecule has 0 aliphatic heterocycles. The van der Waals surface area contributed by atoms with Gasteiger partial charge in [-0.3, -0.25) is 9.36 Å². The van der Waals surface area contributed by atoms with Crippen LogP contribution in [0.4, 0.5) is 17.3 Å². The number of rotatable bonds is 6. The first-order valence-corrected chi connectivity index (χ1v) is 7.34. The van der Waals surface area contributed by atoms with Crippen LogP contribution in [0.25, 0.3) is 0 Å². The minimum Gasteiger partial charge on any atom is -0.360 e. The van der Waals surface area contributed by atoms with Crippen LogP contribution in [0.1, 0.15) is 18.4 Å². The van der Waals surface area contributed by atoms with Crippen molar-refractivity contribution in [1.82, 2.24) is 9.55 Å². The Balaban J connectivity index is 1.61. The summed E-state index contributed by atoms with van der Waals surface area (Å²) >= 11 is 0. The molecule has 0 atom stereocenters. The van der Waals surface area contributed by atoms with Gasteiger partial charge in [0, 0.05) is 25.2 Å². The first-order chi connectivity index (χ1) is 11.0. The van der Waals surface area contributed by atoms with Crippen molar-refractivity contribution in [3.05, 3.63) is 46.3 Å². The monoisotopic (exact) mass is 315 g/mol. The number of hydrogen-bond donors (Lipinski definition) is 2. The Bertz CT molecular complexity index is 734. The highest BCUT2D eigenvalue weighted by Crippen LogP contribution is 2.30. The Hall–Kier alpha value is -2.90. The van der Waals surface area contributed by atoms with Crippen molar-refractivity contribution in [2.45, 2.75) is 19.4 Å². The van der Waals surface area contributed by atoms with E-state index in [2.05, 4.69) is 15.6 Å².